The molecule has 0 aromatic carbocycles. The van der Waals surface area contributed by atoms with Crippen molar-refractivity contribution in [3.8, 4) is 6.07 Å². The van der Waals surface area contributed by atoms with E-state index in [2.05, 4.69) is 16.4 Å². The van der Waals surface area contributed by atoms with Crippen molar-refractivity contribution in [1.82, 2.24) is 10.3 Å². The summed E-state index contributed by atoms with van der Waals surface area (Å²) in [6.45, 7) is 1.95. The molecule has 1 saturated carbocycles. The van der Waals surface area contributed by atoms with Crippen LogP contribution < -0.4 is 5.32 Å². The van der Waals surface area contributed by atoms with Crippen LogP contribution in [0.2, 0.25) is 0 Å². The van der Waals surface area contributed by atoms with E-state index in [1.807, 2.05) is 19.1 Å². The van der Waals surface area contributed by atoms with E-state index in [0.717, 1.165) is 11.3 Å². The summed E-state index contributed by atoms with van der Waals surface area (Å²) >= 11 is 0. The van der Waals surface area contributed by atoms with Crippen LogP contribution in [0.5, 0.6) is 0 Å². The zero-order chi connectivity index (χ0) is 11.4. The molecule has 1 aliphatic carbocycles. The minimum absolute atomic E-state index is 0.212. The van der Waals surface area contributed by atoms with Crippen molar-refractivity contribution in [1.29, 1.82) is 5.26 Å². The number of nitrogens with zero attached hydrogens (tertiary/aromatic N) is 2. The van der Waals surface area contributed by atoms with Gasteiger partial charge in [0.15, 0.2) is 0 Å². The maximum Gasteiger partial charge on any atom is 0.123 e. The molecule has 0 amide bonds. The second-order valence-corrected chi connectivity index (χ2v) is 4.44. The molecule has 0 spiro atoms. The van der Waals surface area contributed by atoms with Gasteiger partial charge in [0.25, 0.3) is 0 Å². The third-order valence-electron chi connectivity index (χ3n) is 3.15. The average Bonchev–Trinajstić information content (AvgIpc) is 2.80. The molecule has 3 heteroatoms. The Morgan fingerprint density at radius 2 is 2.19 bits per heavy atom. The monoisotopic (exact) mass is 215 g/mol. The van der Waals surface area contributed by atoms with Crippen LogP contribution in [0.4, 0.5) is 0 Å². The molecule has 1 heterocycles. The third-order valence-corrected chi connectivity index (χ3v) is 3.15. The predicted octanol–water partition coefficient (Wildman–Crippen LogP) is 2.49. The summed E-state index contributed by atoms with van der Waals surface area (Å²) in [5, 5.41) is 12.6. The van der Waals surface area contributed by atoms with Crippen LogP contribution in [-0.4, -0.2) is 11.0 Å². The van der Waals surface area contributed by atoms with Gasteiger partial charge in [-0.2, -0.15) is 5.26 Å². The number of hydrogen-bond donors (Lipinski definition) is 1. The minimum atomic E-state index is -0.212. The summed E-state index contributed by atoms with van der Waals surface area (Å²) in [6, 6.07) is 6.55. The topological polar surface area (TPSA) is 48.7 Å². The Balaban J connectivity index is 2.04. The highest BCUT2D eigenvalue weighted by atomic mass is 15.0. The Morgan fingerprint density at radius 1 is 1.44 bits per heavy atom. The van der Waals surface area contributed by atoms with Crippen molar-refractivity contribution in [2.24, 2.45) is 0 Å². The van der Waals surface area contributed by atoms with E-state index < -0.39 is 0 Å². The summed E-state index contributed by atoms with van der Waals surface area (Å²) < 4.78 is 0. The van der Waals surface area contributed by atoms with Gasteiger partial charge in [0.1, 0.15) is 6.04 Å². The number of aromatic nitrogens is 1. The highest BCUT2D eigenvalue weighted by Crippen LogP contribution is 2.21. The molecule has 1 aliphatic rings. The van der Waals surface area contributed by atoms with E-state index in [9.17, 15) is 0 Å². The molecule has 0 radical (unpaired) electrons. The first kappa shape index (κ1) is 11.1. The molecule has 84 valence electrons. The van der Waals surface area contributed by atoms with Crippen LogP contribution >= 0.6 is 0 Å². The Labute approximate surface area is 96.5 Å². The lowest BCUT2D eigenvalue weighted by molar-refractivity contribution is 0.491. The fraction of sp³-hybridized carbons (Fsp3) is 0.538. The lowest BCUT2D eigenvalue weighted by Gasteiger charge is -2.17. The van der Waals surface area contributed by atoms with Crippen molar-refractivity contribution < 1.29 is 0 Å². The van der Waals surface area contributed by atoms with E-state index in [1.54, 1.807) is 6.20 Å². The van der Waals surface area contributed by atoms with Gasteiger partial charge in [-0.15, -0.1) is 0 Å². The first-order chi connectivity index (χ1) is 7.79. The van der Waals surface area contributed by atoms with Gasteiger partial charge in [-0.25, -0.2) is 0 Å². The zero-order valence-electron chi connectivity index (χ0n) is 9.61. The summed E-state index contributed by atoms with van der Waals surface area (Å²) in [5.74, 6) is 0. The van der Waals surface area contributed by atoms with Gasteiger partial charge >= 0.3 is 0 Å². The third kappa shape index (κ3) is 2.59. The van der Waals surface area contributed by atoms with Crippen LogP contribution in [0.3, 0.4) is 0 Å². The molecule has 0 saturated heterocycles. The second-order valence-electron chi connectivity index (χ2n) is 4.44. The Hall–Kier alpha value is -1.40. The number of pyridine rings is 1. The molecule has 3 nitrogen and oxygen atoms in total. The van der Waals surface area contributed by atoms with Crippen molar-refractivity contribution in [3.63, 3.8) is 0 Å². The normalized spacial score (nSPS) is 18.2. The number of hydrogen-bond acceptors (Lipinski definition) is 3. The van der Waals surface area contributed by atoms with Crippen molar-refractivity contribution >= 4 is 0 Å². The molecule has 0 bridgehead atoms. The first-order valence-electron chi connectivity index (χ1n) is 5.88. The van der Waals surface area contributed by atoms with Crippen molar-refractivity contribution in [2.75, 3.05) is 0 Å². The number of nitrogens with one attached hydrogen (secondary N) is 1. The summed E-state index contributed by atoms with van der Waals surface area (Å²) in [7, 11) is 0. The van der Waals surface area contributed by atoms with Gasteiger partial charge in [-0.05, 0) is 25.8 Å². The first-order valence-corrected chi connectivity index (χ1v) is 5.88. The Kier molecular flexibility index (Phi) is 3.53. The average molecular weight is 215 g/mol. The van der Waals surface area contributed by atoms with Crippen molar-refractivity contribution in [3.05, 3.63) is 29.6 Å². The minimum Gasteiger partial charge on any atom is -0.295 e. The van der Waals surface area contributed by atoms with E-state index in [1.165, 1.54) is 25.7 Å². The molecule has 1 aromatic rings. The SMILES string of the molecule is Cc1ccc(C(C#N)NC2CCCC2)cn1. The number of aryl methyl sites for hydroxylation is 1. The van der Waals surface area contributed by atoms with E-state index in [-0.39, 0.29) is 6.04 Å². The Bertz CT molecular complexity index is 371. The largest absolute Gasteiger partial charge is 0.295 e. The number of rotatable bonds is 3. The molecule has 0 aliphatic heterocycles. The van der Waals surface area contributed by atoms with Gasteiger partial charge in [0.05, 0.1) is 6.07 Å². The molecule has 1 atom stereocenters. The maximum atomic E-state index is 9.17. The van der Waals surface area contributed by atoms with Gasteiger partial charge in [-0.3, -0.25) is 10.3 Å². The van der Waals surface area contributed by atoms with Crippen LogP contribution in [0.15, 0.2) is 18.3 Å². The molecular weight excluding hydrogens is 198 g/mol. The summed E-state index contributed by atoms with van der Waals surface area (Å²) in [5.41, 5.74) is 1.96. The van der Waals surface area contributed by atoms with Crippen LogP contribution in [0.1, 0.15) is 43.0 Å². The highest BCUT2D eigenvalue weighted by Gasteiger charge is 2.19. The molecule has 1 aromatic heterocycles. The fourth-order valence-electron chi connectivity index (χ4n) is 2.19. The maximum absolute atomic E-state index is 9.17. The lowest BCUT2D eigenvalue weighted by atomic mass is 10.1. The molecule has 1 N–H and O–H groups in total. The van der Waals surface area contributed by atoms with Gasteiger partial charge in [0, 0.05) is 23.5 Å². The lowest BCUT2D eigenvalue weighted by Crippen LogP contribution is -2.29. The summed E-state index contributed by atoms with van der Waals surface area (Å²) in [4.78, 5) is 4.23. The van der Waals surface area contributed by atoms with Crippen molar-refractivity contribution in [2.45, 2.75) is 44.7 Å². The summed E-state index contributed by atoms with van der Waals surface area (Å²) in [6.07, 6.45) is 6.74. The molecular formula is C13H17N3. The highest BCUT2D eigenvalue weighted by molar-refractivity contribution is 5.22. The smallest absolute Gasteiger partial charge is 0.123 e. The van der Waals surface area contributed by atoms with Crippen LogP contribution in [0, 0.1) is 18.3 Å². The van der Waals surface area contributed by atoms with Gasteiger partial charge in [0.2, 0.25) is 0 Å². The Morgan fingerprint density at radius 3 is 2.75 bits per heavy atom. The quantitative estimate of drug-likeness (QED) is 0.842. The fourth-order valence-corrected chi connectivity index (χ4v) is 2.19. The molecule has 1 fully saturated rings. The van der Waals surface area contributed by atoms with Gasteiger partial charge < -0.3 is 0 Å². The number of nitriles is 1. The molecule has 1 unspecified atom stereocenters. The second kappa shape index (κ2) is 5.09. The van der Waals surface area contributed by atoms with Crippen LogP contribution in [-0.2, 0) is 0 Å². The van der Waals surface area contributed by atoms with E-state index in [4.69, 9.17) is 5.26 Å². The molecule has 2 rings (SSSR count). The standard InChI is InChI=1S/C13H17N3/c1-10-6-7-11(9-15-10)13(8-14)16-12-4-2-3-5-12/h6-7,9,12-13,16H,2-5H2,1H3. The predicted molar refractivity (Wildman–Crippen MR) is 62.7 cm³/mol. The van der Waals surface area contributed by atoms with Gasteiger partial charge in [-0.1, -0.05) is 18.9 Å². The van der Waals surface area contributed by atoms with Crippen LogP contribution in [0.25, 0.3) is 0 Å². The zero-order valence-corrected chi connectivity index (χ0v) is 9.61. The van der Waals surface area contributed by atoms with E-state index in [0.29, 0.717) is 6.04 Å². The van der Waals surface area contributed by atoms with E-state index >= 15 is 0 Å². The molecule has 16 heavy (non-hydrogen) atoms.